The van der Waals surface area contributed by atoms with Crippen molar-refractivity contribution >= 4 is 27.8 Å². The second-order valence-electron chi connectivity index (χ2n) is 6.16. The predicted octanol–water partition coefficient (Wildman–Crippen LogP) is 4.57. The highest BCUT2D eigenvalue weighted by molar-refractivity contribution is 6.08. The molecule has 0 aliphatic rings. The molecule has 0 unspecified atom stereocenters. The Morgan fingerprint density at radius 3 is 2.54 bits per heavy atom. The molecule has 0 bridgehead atoms. The molecule has 0 fully saturated rings. The Labute approximate surface area is 151 Å². The van der Waals surface area contributed by atoms with E-state index in [0.717, 1.165) is 39.7 Å². The maximum absolute atomic E-state index is 12.5. The van der Waals surface area contributed by atoms with Gasteiger partial charge in [-0.15, -0.1) is 0 Å². The van der Waals surface area contributed by atoms with Crippen LogP contribution >= 0.6 is 0 Å². The number of furan rings is 1. The van der Waals surface area contributed by atoms with Crippen LogP contribution < -0.4 is 10.1 Å². The molecule has 1 N–H and O–H groups in total. The number of para-hydroxylation sites is 1. The summed E-state index contributed by atoms with van der Waals surface area (Å²) in [6, 6.07) is 21.3. The lowest BCUT2D eigenvalue weighted by molar-refractivity contribution is 0.0954. The number of benzene rings is 3. The summed E-state index contributed by atoms with van der Waals surface area (Å²) in [5.74, 6) is 0.754. The molecule has 0 saturated heterocycles. The molecule has 4 nitrogen and oxygen atoms in total. The minimum atomic E-state index is -0.0781. The van der Waals surface area contributed by atoms with E-state index in [9.17, 15) is 4.79 Å². The zero-order valence-corrected chi connectivity index (χ0v) is 14.5. The van der Waals surface area contributed by atoms with Crippen molar-refractivity contribution in [3.63, 3.8) is 0 Å². The number of ether oxygens (including phenoxy) is 1. The molecule has 3 aromatic carbocycles. The van der Waals surface area contributed by atoms with Gasteiger partial charge in [-0.25, -0.2) is 0 Å². The molecule has 26 heavy (non-hydrogen) atoms. The van der Waals surface area contributed by atoms with Crippen molar-refractivity contribution in [1.82, 2.24) is 5.32 Å². The number of rotatable bonds is 5. The monoisotopic (exact) mass is 345 g/mol. The molecule has 1 aromatic heterocycles. The van der Waals surface area contributed by atoms with Crippen LogP contribution in [0.2, 0.25) is 0 Å². The predicted molar refractivity (Wildman–Crippen MR) is 103 cm³/mol. The fraction of sp³-hybridized carbons (Fsp3) is 0.136. The molecular formula is C22H19NO3. The van der Waals surface area contributed by atoms with E-state index in [1.54, 1.807) is 13.2 Å². The van der Waals surface area contributed by atoms with Gasteiger partial charge < -0.3 is 14.5 Å². The van der Waals surface area contributed by atoms with Crippen LogP contribution in [0.5, 0.6) is 5.75 Å². The van der Waals surface area contributed by atoms with Crippen molar-refractivity contribution < 1.29 is 13.9 Å². The van der Waals surface area contributed by atoms with Gasteiger partial charge in [-0.3, -0.25) is 4.79 Å². The Hall–Kier alpha value is -3.27. The highest BCUT2D eigenvalue weighted by atomic mass is 16.5. The lowest BCUT2D eigenvalue weighted by Gasteiger charge is -2.06. The first-order chi connectivity index (χ1) is 12.7. The lowest BCUT2D eigenvalue weighted by Crippen LogP contribution is -2.25. The van der Waals surface area contributed by atoms with E-state index in [1.807, 2.05) is 60.7 Å². The minimum absolute atomic E-state index is 0.0781. The van der Waals surface area contributed by atoms with Crippen LogP contribution in [-0.4, -0.2) is 19.6 Å². The van der Waals surface area contributed by atoms with Gasteiger partial charge in [0, 0.05) is 22.9 Å². The number of hydrogen-bond donors (Lipinski definition) is 1. The first-order valence-corrected chi connectivity index (χ1v) is 8.57. The molecule has 0 aliphatic heterocycles. The Morgan fingerprint density at radius 1 is 0.962 bits per heavy atom. The highest BCUT2D eigenvalue weighted by Gasteiger charge is 2.10. The molecule has 0 aliphatic carbocycles. The molecule has 4 rings (SSSR count). The van der Waals surface area contributed by atoms with Gasteiger partial charge in [0.25, 0.3) is 5.91 Å². The van der Waals surface area contributed by atoms with Crippen molar-refractivity contribution in [1.29, 1.82) is 0 Å². The first-order valence-electron chi connectivity index (χ1n) is 8.57. The highest BCUT2D eigenvalue weighted by Crippen LogP contribution is 2.29. The summed E-state index contributed by atoms with van der Waals surface area (Å²) in [6.45, 7) is 0.579. The van der Waals surface area contributed by atoms with Gasteiger partial charge >= 0.3 is 0 Å². The van der Waals surface area contributed by atoms with Gasteiger partial charge in [0.05, 0.1) is 7.11 Å². The second-order valence-corrected chi connectivity index (χ2v) is 6.16. The summed E-state index contributed by atoms with van der Waals surface area (Å²) < 4.78 is 11.0. The molecule has 0 atom stereocenters. The number of hydrogen-bond acceptors (Lipinski definition) is 3. The molecular weight excluding hydrogens is 326 g/mol. The van der Waals surface area contributed by atoms with Crippen molar-refractivity contribution in [2.75, 3.05) is 13.7 Å². The zero-order valence-electron chi connectivity index (χ0n) is 14.5. The Kier molecular flexibility index (Phi) is 4.32. The van der Waals surface area contributed by atoms with Gasteiger partial charge in [0.15, 0.2) is 0 Å². The maximum atomic E-state index is 12.5. The van der Waals surface area contributed by atoms with Crippen molar-refractivity contribution in [3.05, 3.63) is 77.9 Å². The SMILES string of the molecule is COc1ccc(CCNC(=O)c2ccc3oc4ccccc4c3c2)cc1. The zero-order chi connectivity index (χ0) is 17.9. The smallest absolute Gasteiger partial charge is 0.251 e. The quantitative estimate of drug-likeness (QED) is 0.576. The normalized spacial score (nSPS) is 11.0. The van der Waals surface area contributed by atoms with Gasteiger partial charge in [-0.2, -0.15) is 0 Å². The summed E-state index contributed by atoms with van der Waals surface area (Å²) >= 11 is 0. The van der Waals surface area contributed by atoms with Crippen LogP contribution in [-0.2, 0) is 6.42 Å². The number of nitrogens with one attached hydrogen (secondary N) is 1. The average Bonchev–Trinajstić information content (AvgIpc) is 3.06. The maximum Gasteiger partial charge on any atom is 0.251 e. The van der Waals surface area contributed by atoms with Gasteiger partial charge in [-0.05, 0) is 48.4 Å². The van der Waals surface area contributed by atoms with Gasteiger partial charge in [0.2, 0.25) is 0 Å². The molecule has 130 valence electrons. The van der Waals surface area contributed by atoms with E-state index < -0.39 is 0 Å². The fourth-order valence-corrected chi connectivity index (χ4v) is 3.08. The minimum Gasteiger partial charge on any atom is -0.497 e. The van der Waals surface area contributed by atoms with Crippen LogP contribution in [0, 0.1) is 0 Å². The Balaban J connectivity index is 1.46. The largest absolute Gasteiger partial charge is 0.497 e. The molecule has 1 amide bonds. The second kappa shape index (κ2) is 6.92. The average molecular weight is 345 g/mol. The summed E-state index contributed by atoms with van der Waals surface area (Å²) in [5.41, 5.74) is 3.42. The van der Waals surface area contributed by atoms with Gasteiger partial charge in [-0.1, -0.05) is 30.3 Å². The number of amides is 1. The molecule has 1 heterocycles. The van der Waals surface area contributed by atoms with E-state index in [0.29, 0.717) is 12.1 Å². The molecule has 4 aromatic rings. The third-order valence-corrected chi connectivity index (χ3v) is 4.50. The molecule has 0 spiro atoms. The van der Waals surface area contributed by atoms with Crippen molar-refractivity contribution in [2.45, 2.75) is 6.42 Å². The standard InChI is InChI=1S/C22H19NO3/c1-25-17-9-6-15(7-10-17)12-13-23-22(24)16-8-11-21-19(14-16)18-4-2-3-5-20(18)26-21/h2-11,14H,12-13H2,1H3,(H,23,24). The van der Waals surface area contributed by atoms with E-state index in [4.69, 9.17) is 9.15 Å². The third kappa shape index (κ3) is 3.14. The van der Waals surface area contributed by atoms with Crippen LogP contribution in [0.4, 0.5) is 0 Å². The van der Waals surface area contributed by atoms with Crippen molar-refractivity contribution in [2.24, 2.45) is 0 Å². The summed E-state index contributed by atoms with van der Waals surface area (Å²) in [5, 5.41) is 4.97. The van der Waals surface area contributed by atoms with Crippen molar-refractivity contribution in [3.8, 4) is 5.75 Å². The topological polar surface area (TPSA) is 51.5 Å². The van der Waals surface area contributed by atoms with E-state index in [-0.39, 0.29) is 5.91 Å². The summed E-state index contributed by atoms with van der Waals surface area (Å²) in [4.78, 5) is 12.5. The van der Waals surface area contributed by atoms with E-state index in [2.05, 4.69) is 5.32 Å². The molecule has 0 radical (unpaired) electrons. The summed E-state index contributed by atoms with van der Waals surface area (Å²) in [7, 11) is 1.65. The lowest BCUT2D eigenvalue weighted by atomic mass is 10.1. The summed E-state index contributed by atoms with van der Waals surface area (Å²) in [6.07, 6.45) is 0.770. The first kappa shape index (κ1) is 16.2. The van der Waals surface area contributed by atoms with Crippen LogP contribution in [0.25, 0.3) is 21.9 Å². The van der Waals surface area contributed by atoms with E-state index >= 15 is 0 Å². The number of methoxy groups -OCH3 is 1. The van der Waals surface area contributed by atoms with Crippen LogP contribution in [0.1, 0.15) is 15.9 Å². The Morgan fingerprint density at radius 2 is 1.73 bits per heavy atom. The molecule has 4 heteroatoms. The molecule has 0 saturated carbocycles. The van der Waals surface area contributed by atoms with Crippen LogP contribution in [0.3, 0.4) is 0 Å². The van der Waals surface area contributed by atoms with E-state index in [1.165, 1.54) is 0 Å². The number of carbonyl (C=O) groups is 1. The van der Waals surface area contributed by atoms with Gasteiger partial charge in [0.1, 0.15) is 16.9 Å². The number of fused-ring (bicyclic) bond motifs is 3. The third-order valence-electron chi connectivity index (χ3n) is 4.50. The number of carbonyl (C=O) groups excluding carboxylic acids is 1. The fourth-order valence-electron chi connectivity index (χ4n) is 3.08. The van der Waals surface area contributed by atoms with Crippen LogP contribution in [0.15, 0.2) is 71.1 Å². The Bertz CT molecular complexity index is 1060.